The third-order valence-electron chi connectivity index (χ3n) is 4.34. The number of benzene rings is 2. The highest BCUT2D eigenvalue weighted by molar-refractivity contribution is 7.89. The molecule has 0 spiro atoms. The molecule has 3 rings (SSSR count). The van der Waals surface area contributed by atoms with E-state index in [1.165, 1.54) is 5.69 Å². The summed E-state index contributed by atoms with van der Waals surface area (Å²) in [6.45, 7) is 2.28. The second kappa shape index (κ2) is 7.23. The number of hydrogen-bond donors (Lipinski definition) is 1. The summed E-state index contributed by atoms with van der Waals surface area (Å²) in [4.78, 5) is 2.56. The number of rotatable bonds is 6. The molecule has 1 aliphatic heterocycles. The van der Waals surface area contributed by atoms with E-state index in [1.54, 1.807) is 31.4 Å². The van der Waals surface area contributed by atoms with Crippen molar-refractivity contribution in [3.8, 4) is 5.75 Å². The molecular weight excluding hydrogens is 324 g/mol. The molecule has 24 heavy (non-hydrogen) atoms. The molecule has 0 saturated carbocycles. The predicted molar refractivity (Wildman–Crippen MR) is 94.9 cm³/mol. The highest BCUT2D eigenvalue weighted by Gasteiger charge is 2.24. The van der Waals surface area contributed by atoms with E-state index in [4.69, 9.17) is 4.74 Å². The van der Waals surface area contributed by atoms with Crippen molar-refractivity contribution in [2.75, 3.05) is 31.6 Å². The van der Waals surface area contributed by atoms with Gasteiger partial charge in [0.05, 0.1) is 12.0 Å². The fourth-order valence-corrected chi connectivity index (χ4v) is 4.05. The van der Waals surface area contributed by atoms with Gasteiger partial charge in [0.2, 0.25) is 10.0 Å². The Morgan fingerprint density at radius 3 is 2.50 bits per heavy atom. The SMILES string of the molecule is COc1ccc(S(=O)(=O)NCC2CCN(c3ccccc3)C2)cc1. The van der Waals surface area contributed by atoms with Crippen LogP contribution in [0.3, 0.4) is 0 Å². The lowest BCUT2D eigenvalue weighted by Crippen LogP contribution is -2.31. The molecule has 2 aromatic carbocycles. The van der Waals surface area contributed by atoms with Gasteiger partial charge in [-0.2, -0.15) is 0 Å². The van der Waals surface area contributed by atoms with Gasteiger partial charge >= 0.3 is 0 Å². The summed E-state index contributed by atoms with van der Waals surface area (Å²) in [5.74, 6) is 0.960. The minimum absolute atomic E-state index is 0.265. The molecule has 1 N–H and O–H groups in total. The van der Waals surface area contributed by atoms with Crippen molar-refractivity contribution in [2.24, 2.45) is 5.92 Å². The molecule has 0 bridgehead atoms. The number of ether oxygens (including phenoxy) is 1. The maximum absolute atomic E-state index is 12.4. The van der Waals surface area contributed by atoms with Crippen LogP contribution in [0.25, 0.3) is 0 Å². The summed E-state index contributed by atoms with van der Waals surface area (Å²) in [6.07, 6.45) is 0.986. The molecule has 128 valence electrons. The van der Waals surface area contributed by atoms with Crippen molar-refractivity contribution in [1.29, 1.82) is 0 Å². The molecular formula is C18H22N2O3S. The first-order valence-corrected chi connectivity index (χ1v) is 9.50. The summed E-state index contributed by atoms with van der Waals surface area (Å²) >= 11 is 0. The Kier molecular flexibility index (Phi) is 5.06. The molecule has 0 radical (unpaired) electrons. The highest BCUT2D eigenvalue weighted by atomic mass is 32.2. The number of hydrogen-bond acceptors (Lipinski definition) is 4. The minimum atomic E-state index is -3.48. The second-order valence-corrected chi connectivity index (χ2v) is 7.73. The van der Waals surface area contributed by atoms with E-state index in [9.17, 15) is 8.42 Å². The van der Waals surface area contributed by atoms with Crippen LogP contribution in [0, 0.1) is 5.92 Å². The van der Waals surface area contributed by atoms with Crippen molar-refractivity contribution in [2.45, 2.75) is 11.3 Å². The zero-order valence-electron chi connectivity index (χ0n) is 13.7. The Balaban J connectivity index is 1.57. The van der Waals surface area contributed by atoms with E-state index in [-0.39, 0.29) is 4.90 Å². The Hall–Kier alpha value is -2.05. The first-order valence-electron chi connectivity index (χ1n) is 8.02. The van der Waals surface area contributed by atoms with Crippen LogP contribution in [0.5, 0.6) is 5.75 Å². The summed E-state index contributed by atoms with van der Waals surface area (Å²) in [5, 5.41) is 0. The summed E-state index contributed by atoms with van der Waals surface area (Å²) in [5.41, 5.74) is 1.19. The third kappa shape index (κ3) is 3.88. The molecule has 2 aromatic rings. The van der Waals surface area contributed by atoms with Gasteiger partial charge in [0, 0.05) is 25.3 Å². The first-order chi connectivity index (χ1) is 11.6. The Morgan fingerprint density at radius 1 is 1.12 bits per heavy atom. The van der Waals surface area contributed by atoms with E-state index in [1.807, 2.05) is 18.2 Å². The van der Waals surface area contributed by atoms with Crippen LogP contribution < -0.4 is 14.4 Å². The second-order valence-electron chi connectivity index (χ2n) is 5.96. The van der Waals surface area contributed by atoms with Gasteiger partial charge in [0.1, 0.15) is 5.75 Å². The Bertz CT molecular complexity index is 761. The topological polar surface area (TPSA) is 58.6 Å². The maximum atomic E-state index is 12.4. The van der Waals surface area contributed by atoms with E-state index in [2.05, 4.69) is 21.8 Å². The smallest absolute Gasteiger partial charge is 0.240 e. The van der Waals surface area contributed by atoms with Gasteiger partial charge in [-0.25, -0.2) is 13.1 Å². The van der Waals surface area contributed by atoms with Gasteiger partial charge in [0.25, 0.3) is 0 Å². The van der Waals surface area contributed by atoms with Crippen molar-refractivity contribution in [3.63, 3.8) is 0 Å². The predicted octanol–water partition coefficient (Wildman–Crippen LogP) is 2.50. The molecule has 0 aromatic heterocycles. The number of nitrogens with one attached hydrogen (secondary N) is 1. The van der Waals surface area contributed by atoms with Gasteiger partial charge in [-0.05, 0) is 48.7 Å². The molecule has 0 aliphatic carbocycles. The van der Waals surface area contributed by atoms with Gasteiger partial charge in [-0.3, -0.25) is 0 Å². The van der Waals surface area contributed by atoms with Gasteiger partial charge < -0.3 is 9.64 Å². The lowest BCUT2D eigenvalue weighted by Gasteiger charge is -2.18. The van der Waals surface area contributed by atoms with Crippen molar-refractivity contribution < 1.29 is 13.2 Å². The normalized spacial score (nSPS) is 17.9. The number of methoxy groups -OCH3 is 1. The minimum Gasteiger partial charge on any atom is -0.497 e. The first kappa shape index (κ1) is 16.8. The fourth-order valence-electron chi connectivity index (χ4n) is 2.94. The van der Waals surface area contributed by atoms with Crippen molar-refractivity contribution in [3.05, 3.63) is 54.6 Å². The number of anilines is 1. The van der Waals surface area contributed by atoms with E-state index in [0.717, 1.165) is 19.5 Å². The average Bonchev–Trinajstić information content (AvgIpc) is 3.10. The zero-order chi connectivity index (χ0) is 17.0. The maximum Gasteiger partial charge on any atom is 0.240 e. The molecule has 1 atom stereocenters. The summed E-state index contributed by atoms with van der Waals surface area (Å²) < 4.78 is 32.5. The van der Waals surface area contributed by atoms with Crippen LogP contribution in [-0.4, -0.2) is 35.2 Å². The highest BCUT2D eigenvalue weighted by Crippen LogP contribution is 2.23. The van der Waals surface area contributed by atoms with Gasteiger partial charge in [-0.1, -0.05) is 18.2 Å². The zero-order valence-corrected chi connectivity index (χ0v) is 14.5. The van der Waals surface area contributed by atoms with Crippen LogP contribution in [0.2, 0.25) is 0 Å². The van der Waals surface area contributed by atoms with Crippen molar-refractivity contribution in [1.82, 2.24) is 4.72 Å². The molecule has 5 nitrogen and oxygen atoms in total. The van der Waals surface area contributed by atoms with Gasteiger partial charge in [0.15, 0.2) is 0 Å². The van der Waals surface area contributed by atoms with Gasteiger partial charge in [-0.15, -0.1) is 0 Å². The summed E-state index contributed by atoms with van der Waals surface area (Å²) in [7, 11) is -1.92. The number of para-hydroxylation sites is 1. The van der Waals surface area contributed by atoms with Crippen LogP contribution in [0.1, 0.15) is 6.42 Å². The van der Waals surface area contributed by atoms with E-state index < -0.39 is 10.0 Å². The number of sulfonamides is 1. The summed E-state index contributed by atoms with van der Waals surface area (Å²) in [6, 6.07) is 16.7. The van der Waals surface area contributed by atoms with E-state index in [0.29, 0.717) is 18.2 Å². The quantitative estimate of drug-likeness (QED) is 0.873. The molecule has 1 aliphatic rings. The largest absolute Gasteiger partial charge is 0.497 e. The Labute approximate surface area is 143 Å². The molecule has 0 amide bonds. The molecule has 1 unspecified atom stereocenters. The average molecular weight is 346 g/mol. The lowest BCUT2D eigenvalue weighted by molar-refractivity contribution is 0.414. The molecule has 1 fully saturated rings. The molecule has 6 heteroatoms. The molecule has 1 saturated heterocycles. The van der Waals surface area contributed by atoms with Crippen LogP contribution in [-0.2, 0) is 10.0 Å². The Morgan fingerprint density at radius 2 is 1.83 bits per heavy atom. The van der Waals surface area contributed by atoms with Crippen molar-refractivity contribution >= 4 is 15.7 Å². The van der Waals surface area contributed by atoms with Crippen LogP contribution in [0.4, 0.5) is 5.69 Å². The monoisotopic (exact) mass is 346 g/mol. The third-order valence-corrected chi connectivity index (χ3v) is 5.78. The molecule has 1 heterocycles. The number of nitrogens with zero attached hydrogens (tertiary/aromatic N) is 1. The standard InChI is InChI=1S/C18H22N2O3S/c1-23-17-7-9-18(10-8-17)24(21,22)19-13-15-11-12-20(14-15)16-5-3-2-4-6-16/h2-10,15,19H,11-14H2,1H3. The van der Waals surface area contributed by atoms with Crippen LogP contribution in [0.15, 0.2) is 59.5 Å². The fraction of sp³-hybridized carbons (Fsp3) is 0.333. The van der Waals surface area contributed by atoms with Crippen LogP contribution >= 0.6 is 0 Å². The van der Waals surface area contributed by atoms with E-state index >= 15 is 0 Å². The lowest BCUT2D eigenvalue weighted by atomic mass is 10.1.